The van der Waals surface area contributed by atoms with Crippen LogP contribution in [-0.2, 0) is 14.8 Å². The van der Waals surface area contributed by atoms with Crippen molar-refractivity contribution in [2.75, 3.05) is 43.0 Å². The predicted molar refractivity (Wildman–Crippen MR) is 109 cm³/mol. The van der Waals surface area contributed by atoms with Crippen LogP contribution in [0.25, 0.3) is 0 Å². The molecule has 1 aliphatic rings. The number of sulfonamides is 1. The Labute approximate surface area is 166 Å². The average Bonchev–Trinajstić information content (AvgIpc) is 2.69. The molecule has 7 nitrogen and oxygen atoms in total. The van der Waals surface area contributed by atoms with Gasteiger partial charge in [-0.3, -0.25) is 4.79 Å². The Balaban J connectivity index is 1.69. The predicted octanol–water partition coefficient (Wildman–Crippen LogP) is 2.55. The van der Waals surface area contributed by atoms with Crippen molar-refractivity contribution >= 4 is 27.3 Å². The molecule has 2 aromatic carbocycles. The van der Waals surface area contributed by atoms with Gasteiger partial charge in [0.15, 0.2) is 0 Å². The minimum Gasteiger partial charge on any atom is -0.492 e. The molecule has 0 radical (unpaired) electrons. The van der Waals surface area contributed by atoms with Gasteiger partial charge in [0.05, 0.1) is 17.2 Å². The number of nitrogens with one attached hydrogen (secondary N) is 1. The number of para-hydroxylation sites is 2. The number of piperazine rings is 1. The summed E-state index contributed by atoms with van der Waals surface area (Å²) in [4.78, 5) is 13.5. The number of hydrogen-bond donors (Lipinski definition) is 1. The summed E-state index contributed by atoms with van der Waals surface area (Å²) >= 11 is 0. The Morgan fingerprint density at radius 3 is 2.29 bits per heavy atom. The van der Waals surface area contributed by atoms with Gasteiger partial charge in [-0.25, -0.2) is 8.42 Å². The molecule has 0 bridgehead atoms. The molecule has 1 amide bonds. The number of nitrogens with zero attached hydrogens (tertiary/aromatic N) is 2. The zero-order valence-corrected chi connectivity index (χ0v) is 16.9. The van der Waals surface area contributed by atoms with E-state index in [9.17, 15) is 13.2 Å². The molecule has 3 rings (SSSR count). The molecule has 1 N–H and O–H groups in total. The van der Waals surface area contributed by atoms with E-state index in [1.807, 2.05) is 31.2 Å². The minimum atomic E-state index is -3.57. The van der Waals surface area contributed by atoms with Crippen LogP contribution in [0.5, 0.6) is 5.75 Å². The molecular weight excluding hydrogens is 378 g/mol. The van der Waals surface area contributed by atoms with E-state index in [0.29, 0.717) is 38.5 Å². The summed E-state index contributed by atoms with van der Waals surface area (Å²) in [6.07, 6.45) is 0. The van der Waals surface area contributed by atoms with Gasteiger partial charge in [0, 0.05) is 38.8 Å². The number of carbonyl (C=O) groups excluding carboxylic acids is 1. The fraction of sp³-hybridized carbons (Fsp3) is 0.350. The van der Waals surface area contributed by atoms with Crippen molar-refractivity contribution in [2.45, 2.75) is 18.7 Å². The van der Waals surface area contributed by atoms with Crippen LogP contribution in [-0.4, -0.2) is 51.4 Å². The van der Waals surface area contributed by atoms with Crippen LogP contribution in [0, 0.1) is 0 Å². The molecule has 0 unspecified atom stereocenters. The van der Waals surface area contributed by atoms with Crippen molar-refractivity contribution in [3.8, 4) is 5.75 Å². The third-order valence-corrected chi connectivity index (χ3v) is 6.47. The Morgan fingerprint density at radius 1 is 1.04 bits per heavy atom. The Kier molecular flexibility index (Phi) is 6.21. The molecule has 0 aromatic heterocycles. The van der Waals surface area contributed by atoms with E-state index in [2.05, 4.69) is 10.2 Å². The van der Waals surface area contributed by atoms with Gasteiger partial charge >= 0.3 is 0 Å². The number of anilines is 2. The Hall–Kier alpha value is -2.58. The van der Waals surface area contributed by atoms with Crippen LogP contribution in [0.3, 0.4) is 0 Å². The lowest BCUT2D eigenvalue weighted by Crippen LogP contribution is -2.48. The number of ether oxygens (including phenoxy) is 1. The highest BCUT2D eigenvalue weighted by atomic mass is 32.2. The van der Waals surface area contributed by atoms with Crippen LogP contribution in [0.2, 0.25) is 0 Å². The van der Waals surface area contributed by atoms with Crippen LogP contribution in [0.1, 0.15) is 13.8 Å². The first kappa shape index (κ1) is 20.2. The number of amides is 1. The van der Waals surface area contributed by atoms with Crippen molar-refractivity contribution in [3.05, 3.63) is 48.5 Å². The van der Waals surface area contributed by atoms with Crippen molar-refractivity contribution in [3.63, 3.8) is 0 Å². The van der Waals surface area contributed by atoms with Gasteiger partial charge in [0.2, 0.25) is 15.9 Å². The van der Waals surface area contributed by atoms with Crippen molar-refractivity contribution in [1.29, 1.82) is 0 Å². The van der Waals surface area contributed by atoms with Crippen LogP contribution in [0.15, 0.2) is 53.4 Å². The normalized spacial score (nSPS) is 15.3. The molecule has 2 aromatic rings. The second kappa shape index (κ2) is 8.62. The molecule has 1 aliphatic heterocycles. The number of hydrogen-bond acceptors (Lipinski definition) is 5. The molecule has 28 heavy (non-hydrogen) atoms. The van der Waals surface area contributed by atoms with Gasteiger partial charge in [0.1, 0.15) is 5.75 Å². The zero-order valence-electron chi connectivity index (χ0n) is 16.1. The maximum Gasteiger partial charge on any atom is 0.243 e. The molecule has 1 fully saturated rings. The summed E-state index contributed by atoms with van der Waals surface area (Å²) in [5, 5.41) is 2.64. The molecule has 0 spiro atoms. The van der Waals surface area contributed by atoms with E-state index < -0.39 is 10.0 Å². The van der Waals surface area contributed by atoms with Crippen LogP contribution in [0.4, 0.5) is 11.4 Å². The summed E-state index contributed by atoms with van der Waals surface area (Å²) < 4.78 is 33.0. The highest BCUT2D eigenvalue weighted by Crippen LogP contribution is 2.29. The Morgan fingerprint density at radius 2 is 1.68 bits per heavy atom. The van der Waals surface area contributed by atoms with Gasteiger partial charge in [-0.05, 0) is 43.3 Å². The van der Waals surface area contributed by atoms with Crippen LogP contribution >= 0.6 is 0 Å². The van der Waals surface area contributed by atoms with Gasteiger partial charge < -0.3 is 15.0 Å². The lowest BCUT2D eigenvalue weighted by molar-refractivity contribution is -0.114. The van der Waals surface area contributed by atoms with E-state index in [0.717, 1.165) is 11.4 Å². The van der Waals surface area contributed by atoms with E-state index in [4.69, 9.17) is 4.74 Å². The van der Waals surface area contributed by atoms with Gasteiger partial charge in [-0.15, -0.1) is 0 Å². The highest BCUT2D eigenvalue weighted by Gasteiger charge is 2.29. The minimum absolute atomic E-state index is 0.195. The van der Waals surface area contributed by atoms with Gasteiger partial charge in [-0.1, -0.05) is 12.1 Å². The van der Waals surface area contributed by atoms with Crippen LogP contribution < -0.4 is 15.0 Å². The molecular formula is C20H25N3O4S. The molecule has 8 heteroatoms. The number of benzene rings is 2. The maximum absolute atomic E-state index is 12.9. The molecule has 0 aliphatic carbocycles. The second-order valence-electron chi connectivity index (χ2n) is 6.50. The summed E-state index contributed by atoms with van der Waals surface area (Å²) in [6, 6.07) is 14.1. The van der Waals surface area contributed by atoms with Gasteiger partial charge in [-0.2, -0.15) is 4.31 Å². The molecule has 1 saturated heterocycles. The lowest BCUT2D eigenvalue weighted by atomic mass is 10.2. The molecule has 0 saturated carbocycles. The first-order valence-corrected chi connectivity index (χ1v) is 10.7. The zero-order chi connectivity index (χ0) is 20.1. The summed E-state index contributed by atoms with van der Waals surface area (Å²) in [5.41, 5.74) is 1.56. The summed E-state index contributed by atoms with van der Waals surface area (Å²) in [6.45, 7) is 5.92. The third-order valence-electron chi connectivity index (χ3n) is 4.56. The average molecular weight is 404 g/mol. The van der Waals surface area contributed by atoms with Crippen molar-refractivity contribution in [2.24, 2.45) is 0 Å². The maximum atomic E-state index is 12.9. The Bertz CT molecular complexity index is 921. The van der Waals surface area contributed by atoms with Crippen molar-refractivity contribution < 1.29 is 17.9 Å². The topological polar surface area (TPSA) is 79.0 Å². The third kappa shape index (κ3) is 4.45. The van der Waals surface area contributed by atoms with Gasteiger partial charge in [0.25, 0.3) is 0 Å². The fourth-order valence-electron chi connectivity index (χ4n) is 3.23. The highest BCUT2D eigenvalue weighted by molar-refractivity contribution is 7.89. The van der Waals surface area contributed by atoms with E-state index in [1.54, 1.807) is 12.1 Å². The first-order valence-electron chi connectivity index (χ1n) is 9.26. The second-order valence-corrected chi connectivity index (χ2v) is 8.44. The summed E-state index contributed by atoms with van der Waals surface area (Å²) in [7, 11) is -3.57. The quantitative estimate of drug-likeness (QED) is 0.802. The largest absolute Gasteiger partial charge is 0.492 e. The summed E-state index contributed by atoms with van der Waals surface area (Å²) in [5.74, 6) is 0.619. The fourth-order valence-corrected chi connectivity index (χ4v) is 4.65. The van der Waals surface area contributed by atoms with E-state index in [1.165, 1.54) is 23.4 Å². The van der Waals surface area contributed by atoms with Crippen molar-refractivity contribution in [1.82, 2.24) is 4.31 Å². The number of carbonyl (C=O) groups is 1. The van der Waals surface area contributed by atoms with E-state index >= 15 is 0 Å². The molecule has 1 heterocycles. The molecule has 0 atom stereocenters. The van der Waals surface area contributed by atoms with E-state index in [-0.39, 0.29) is 10.8 Å². The monoisotopic (exact) mass is 403 g/mol. The molecule has 150 valence electrons. The standard InChI is InChI=1S/C20H25N3O4S/c1-3-27-20-7-5-4-6-19(20)22-12-14-23(15-13-22)28(25,26)18-10-8-17(9-11-18)21-16(2)24/h4-11H,3,12-15H2,1-2H3,(H,21,24). The lowest BCUT2D eigenvalue weighted by Gasteiger charge is -2.36. The SMILES string of the molecule is CCOc1ccccc1N1CCN(S(=O)(=O)c2ccc(NC(C)=O)cc2)CC1. The number of rotatable bonds is 6. The first-order chi connectivity index (χ1) is 13.4. The smallest absolute Gasteiger partial charge is 0.243 e.